The molecular formula is C14H23N3. The SMILES string of the molecule is C=CCn1ccnc1NC1CCCC(C)C1C. The molecule has 17 heavy (non-hydrogen) atoms. The van der Waals surface area contributed by atoms with E-state index in [-0.39, 0.29) is 0 Å². The average Bonchev–Trinajstić information content (AvgIpc) is 2.73. The maximum atomic E-state index is 4.39. The monoisotopic (exact) mass is 233 g/mol. The number of nitrogens with zero attached hydrogens (tertiary/aromatic N) is 2. The molecule has 0 saturated heterocycles. The van der Waals surface area contributed by atoms with Gasteiger partial charge in [-0.1, -0.05) is 32.8 Å². The summed E-state index contributed by atoms with van der Waals surface area (Å²) in [5, 5.41) is 3.60. The van der Waals surface area contributed by atoms with Crippen LogP contribution in [0.15, 0.2) is 25.0 Å². The number of imidazole rings is 1. The molecule has 94 valence electrons. The molecule has 1 fully saturated rings. The Labute approximate surface area is 104 Å². The van der Waals surface area contributed by atoms with Crippen molar-refractivity contribution in [1.82, 2.24) is 9.55 Å². The second-order valence-corrected chi connectivity index (χ2v) is 5.21. The van der Waals surface area contributed by atoms with Crippen molar-refractivity contribution >= 4 is 5.95 Å². The molecule has 0 radical (unpaired) electrons. The van der Waals surface area contributed by atoms with Gasteiger partial charge < -0.3 is 9.88 Å². The third-order valence-electron chi connectivity index (χ3n) is 4.06. The fourth-order valence-corrected chi connectivity index (χ4v) is 2.69. The highest BCUT2D eigenvalue weighted by Gasteiger charge is 2.27. The van der Waals surface area contributed by atoms with Gasteiger partial charge in [-0.2, -0.15) is 0 Å². The Bertz CT molecular complexity index is 369. The first-order valence-corrected chi connectivity index (χ1v) is 6.61. The molecule has 2 rings (SSSR count). The Morgan fingerprint density at radius 3 is 3.12 bits per heavy atom. The second kappa shape index (κ2) is 5.39. The third kappa shape index (κ3) is 2.71. The molecule has 1 heterocycles. The zero-order valence-corrected chi connectivity index (χ0v) is 10.9. The molecule has 1 aromatic rings. The summed E-state index contributed by atoms with van der Waals surface area (Å²) in [7, 11) is 0. The molecule has 1 saturated carbocycles. The van der Waals surface area contributed by atoms with E-state index < -0.39 is 0 Å². The van der Waals surface area contributed by atoms with Crippen molar-refractivity contribution in [3.05, 3.63) is 25.0 Å². The summed E-state index contributed by atoms with van der Waals surface area (Å²) in [6.07, 6.45) is 9.70. The smallest absolute Gasteiger partial charge is 0.203 e. The minimum absolute atomic E-state index is 0.560. The van der Waals surface area contributed by atoms with Gasteiger partial charge in [0.1, 0.15) is 0 Å². The van der Waals surface area contributed by atoms with E-state index in [1.807, 2.05) is 18.5 Å². The molecule has 0 bridgehead atoms. The number of nitrogens with one attached hydrogen (secondary N) is 1. The Kier molecular flexibility index (Phi) is 3.87. The van der Waals surface area contributed by atoms with Gasteiger partial charge in [0.15, 0.2) is 0 Å². The highest BCUT2D eigenvalue weighted by molar-refractivity contribution is 5.28. The van der Waals surface area contributed by atoms with E-state index in [4.69, 9.17) is 0 Å². The second-order valence-electron chi connectivity index (χ2n) is 5.21. The number of rotatable bonds is 4. The Hall–Kier alpha value is -1.25. The molecule has 0 aromatic carbocycles. The zero-order chi connectivity index (χ0) is 12.3. The average molecular weight is 233 g/mol. The molecule has 1 aromatic heterocycles. The van der Waals surface area contributed by atoms with Gasteiger partial charge in [0.05, 0.1) is 0 Å². The number of hydrogen-bond acceptors (Lipinski definition) is 2. The molecule has 1 aliphatic carbocycles. The van der Waals surface area contributed by atoms with Crippen molar-refractivity contribution in [2.24, 2.45) is 11.8 Å². The van der Waals surface area contributed by atoms with Crippen molar-refractivity contribution in [2.75, 3.05) is 5.32 Å². The molecular weight excluding hydrogens is 210 g/mol. The van der Waals surface area contributed by atoms with Crippen LogP contribution < -0.4 is 5.32 Å². The number of allylic oxidation sites excluding steroid dienone is 1. The fraction of sp³-hybridized carbons (Fsp3) is 0.643. The van der Waals surface area contributed by atoms with Crippen LogP contribution in [0, 0.1) is 11.8 Å². The van der Waals surface area contributed by atoms with E-state index in [0.717, 1.165) is 24.3 Å². The summed E-state index contributed by atoms with van der Waals surface area (Å²) in [5.41, 5.74) is 0. The van der Waals surface area contributed by atoms with Gasteiger partial charge >= 0.3 is 0 Å². The van der Waals surface area contributed by atoms with Crippen molar-refractivity contribution < 1.29 is 0 Å². The lowest BCUT2D eigenvalue weighted by atomic mass is 9.78. The topological polar surface area (TPSA) is 29.9 Å². The first kappa shape index (κ1) is 12.2. The van der Waals surface area contributed by atoms with Crippen LogP contribution in [0.3, 0.4) is 0 Å². The predicted molar refractivity (Wildman–Crippen MR) is 72.0 cm³/mol. The van der Waals surface area contributed by atoms with E-state index in [1.54, 1.807) is 0 Å². The standard InChI is InChI=1S/C14H23N3/c1-4-9-17-10-8-15-14(17)16-13-7-5-6-11(2)12(13)3/h4,8,10-13H,1,5-7,9H2,2-3H3,(H,15,16). The van der Waals surface area contributed by atoms with Crippen molar-refractivity contribution in [2.45, 2.75) is 45.7 Å². The summed E-state index contributed by atoms with van der Waals surface area (Å²) in [5.74, 6) is 2.51. The summed E-state index contributed by atoms with van der Waals surface area (Å²) in [6, 6.07) is 0.560. The van der Waals surface area contributed by atoms with Crippen molar-refractivity contribution in [3.63, 3.8) is 0 Å². The minimum Gasteiger partial charge on any atom is -0.353 e. The number of aromatic nitrogens is 2. The summed E-state index contributed by atoms with van der Waals surface area (Å²) in [4.78, 5) is 4.39. The normalized spacial score (nSPS) is 28.9. The molecule has 0 aliphatic heterocycles. The first-order valence-electron chi connectivity index (χ1n) is 6.61. The maximum absolute atomic E-state index is 4.39. The van der Waals surface area contributed by atoms with Crippen LogP contribution in [0.4, 0.5) is 5.95 Å². The van der Waals surface area contributed by atoms with Crippen LogP contribution in [0.1, 0.15) is 33.1 Å². The van der Waals surface area contributed by atoms with Crippen LogP contribution in [0.25, 0.3) is 0 Å². The van der Waals surface area contributed by atoms with Crippen molar-refractivity contribution in [1.29, 1.82) is 0 Å². The molecule has 1 aliphatic rings. The molecule has 3 heteroatoms. The van der Waals surface area contributed by atoms with Crippen LogP contribution in [0.5, 0.6) is 0 Å². The Morgan fingerprint density at radius 1 is 1.53 bits per heavy atom. The van der Waals surface area contributed by atoms with Gasteiger partial charge in [0.2, 0.25) is 5.95 Å². The van der Waals surface area contributed by atoms with Crippen LogP contribution in [0.2, 0.25) is 0 Å². The highest BCUT2D eigenvalue weighted by Crippen LogP contribution is 2.31. The zero-order valence-electron chi connectivity index (χ0n) is 10.9. The Balaban J connectivity index is 2.04. The van der Waals surface area contributed by atoms with E-state index in [1.165, 1.54) is 19.3 Å². The lowest BCUT2D eigenvalue weighted by molar-refractivity contribution is 0.252. The van der Waals surface area contributed by atoms with Gasteiger partial charge in [-0.05, 0) is 18.3 Å². The lowest BCUT2D eigenvalue weighted by Gasteiger charge is -2.34. The first-order chi connectivity index (χ1) is 8.22. The Morgan fingerprint density at radius 2 is 2.35 bits per heavy atom. The largest absolute Gasteiger partial charge is 0.353 e. The predicted octanol–water partition coefficient (Wildman–Crippen LogP) is 3.31. The molecule has 3 atom stereocenters. The van der Waals surface area contributed by atoms with Crippen LogP contribution in [-0.4, -0.2) is 15.6 Å². The molecule has 3 unspecified atom stereocenters. The number of anilines is 1. The summed E-state index contributed by atoms with van der Waals surface area (Å²) < 4.78 is 2.11. The van der Waals surface area contributed by atoms with Crippen LogP contribution in [-0.2, 0) is 6.54 Å². The lowest BCUT2D eigenvalue weighted by Crippen LogP contribution is -2.35. The summed E-state index contributed by atoms with van der Waals surface area (Å²) in [6.45, 7) is 9.30. The number of hydrogen-bond donors (Lipinski definition) is 1. The summed E-state index contributed by atoms with van der Waals surface area (Å²) >= 11 is 0. The van der Waals surface area contributed by atoms with Gasteiger partial charge in [-0.15, -0.1) is 6.58 Å². The molecule has 0 amide bonds. The van der Waals surface area contributed by atoms with E-state index in [2.05, 4.69) is 35.3 Å². The quantitative estimate of drug-likeness (QED) is 0.809. The molecule has 3 nitrogen and oxygen atoms in total. The van der Waals surface area contributed by atoms with Crippen molar-refractivity contribution in [3.8, 4) is 0 Å². The van der Waals surface area contributed by atoms with E-state index in [0.29, 0.717) is 6.04 Å². The third-order valence-corrected chi connectivity index (χ3v) is 4.06. The maximum Gasteiger partial charge on any atom is 0.203 e. The van der Waals surface area contributed by atoms with Gasteiger partial charge in [-0.3, -0.25) is 0 Å². The van der Waals surface area contributed by atoms with E-state index >= 15 is 0 Å². The van der Waals surface area contributed by atoms with Gasteiger partial charge in [0, 0.05) is 25.0 Å². The van der Waals surface area contributed by atoms with Crippen LogP contribution >= 0.6 is 0 Å². The molecule has 0 spiro atoms. The van der Waals surface area contributed by atoms with Gasteiger partial charge in [0.25, 0.3) is 0 Å². The molecule has 1 N–H and O–H groups in total. The highest BCUT2D eigenvalue weighted by atomic mass is 15.2. The fourth-order valence-electron chi connectivity index (χ4n) is 2.69. The van der Waals surface area contributed by atoms with Gasteiger partial charge in [-0.25, -0.2) is 4.98 Å². The van der Waals surface area contributed by atoms with E-state index in [9.17, 15) is 0 Å². The minimum atomic E-state index is 0.560.